The molecule has 0 N–H and O–H groups in total. The van der Waals surface area contributed by atoms with E-state index < -0.39 is 10.7 Å². The Kier molecular flexibility index (Phi) is 5.54. The first-order valence-electron chi connectivity index (χ1n) is 10.4. The number of hydrogen-bond acceptors (Lipinski definition) is 4. The lowest BCUT2D eigenvalue weighted by atomic mass is 10.0. The monoisotopic (exact) mass is 482 g/mol. The second-order valence-corrected chi connectivity index (χ2v) is 9.52. The van der Waals surface area contributed by atoms with E-state index in [4.69, 9.17) is 16.3 Å². The van der Waals surface area contributed by atoms with E-state index in [0.717, 1.165) is 5.56 Å². The molecule has 2 amide bonds. The number of fused-ring (bicyclic) bond motifs is 2. The molecule has 0 radical (unpaired) electrons. The zero-order valence-corrected chi connectivity index (χ0v) is 19.3. The smallest absolute Gasteiger partial charge is 0.268 e. The van der Waals surface area contributed by atoms with Crippen molar-refractivity contribution >= 4 is 40.9 Å². The molecule has 5 nitrogen and oxygen atoms in total. The molecule has 0 saturated carbocycles. The van der Waals surface area contributed by atoms with Gasteiger partial charge in [-0.25, -0.2) is 4.39 Å². The molecule has 2 aliphatic rings. The molecule has 0 aromatic heterocycles. The largest absolute Gasteiger partial charge is 0.497 e. The Labute approximate surface area is 200 Å². The van der Waals surface area contributed by atoms with Gasteiger partial charge in [0.15, 0.2) is 4.87 Å². The van der Waals surface area contributed by atoms with E-state index in [0.29, 0.717) is 39.9 Å². The molecule has 1 atom stereocenters. The number of anilines is 1. The third-order valence-electron chi connectivity index (χ3n) is 6.02. The number of carbonyl (C=O) groups is 2. The number of methoxy groups -OCH3 is 1. The van der Waals surface area contributed by atoms with E-state index in [9.17, 15) is 14.0 Å². The molecule has 8 heteroatoms. The van der Waals surface area contributed by atoms with Crippen LogP contribution in [-0.4, -0.2) is 36.1 Å². The summed E-state index contributed by atoms with van der Waals surface area (Å²) in [5, 5.41) is 0.569. The summed E-state index contributed by atoms with van der Waals surface area (Å²) in [6, 6.07) is 18.2. The highest BCUT2D eigenvalue weighted by molar-refractivity contribution is 8.01. The van der Waals surface area contributed by atoms with Crippen LogP contribution in [0.4, 0.5) is 10.1 Å². The molecule has 5 rings (SSSR count). The molecule has 33 heavy (non-hydrogen) atoms. The van der Waals surface area contributed by atoms with Gasteiger partial charge in [-0.2, -0.15) is 0 Å². The molecule has 1 saturated heterocycles. The highest BCUT2D eigenvalue weighted by Gasteiger charge is 2.59. The van der Waals surface area contributed by atoms with Gasteiger partial charge in [0, 0.05) is 28.4 Å². The minimum atomic E-state index is -1.23. The molecular weight excluding hydrogens is 463 g/mol. The Balaban J connectivity index is 1.62. The number of carbonyl (C=O) groups excluding carboxylic acids is 2. The number of halogens is 2. The van der Waals surface area contributed by atoms with Crippen LogP contribution in [0.15, 0.2) is 66.7 Å². The Morgan fingerprint density at radius 1 is 1.15 bits per heavy atom. The number of ether oxygens (including phenoxy) is 1. The molecule has 1 fully saturated rings. The second-order valence-electron chi connectivity index (χ2n) is 7.82. The lowest BCUT2D eigenvalue weighted by molar-refractivity contribution is -0.123. The van der Waals surface area contributed by atoms with Crippen molar-refractivity contribution in [2.45, 2.75) is 11.4 Å². The normalized spacial score (nSPS) is 19.3. The SMILES string of the molecule is COc1ccc2c(c1)[C@]1(SCCN1C(=O)c1ccc(F)cc1)C(=O)N2Cc1ccccc1Cl. The molecule has 1 spiro atoms. The molecule has 2 aliphatic heterocycles. The van der Waals surface area contributed by atoms with Gasteiger partial charge in [0.25, 0.3) is 11.8 Å². The minimum Gasteiger partial charge on any atom is -0.497 e. The van der Waals surface area contributed by atoms with Crippen LogP contribution < -0.4 is 9.64 Å². The molecule has 0 unspecified atom stereocenters. The van der Waals surface area contributed by atoms with Crippen LogP contribution in [0.5, 0.6) is 5.75 Å². The number of hydrogen-bond donors (Lipinski definition) is 0. The van der Waals surface area contributed by atoms with Gasteiger partial charge >= 0.3 is 0 Å². The topological polar surface area (TPSA) is 49.9 Å². The maximum Gasteiger partial charge on any atom is 0.268 e. The average molecular weight is 483 g/mol. The predicted octanol–water partition coefficient (Wildman–Crippen LogP) is 5.08. The number of amides is 2. The van der Waals surface area contributed by atoms with Gasteiger partial charge in [0.1, 0.15) is 11.6 Å². The predicted molar refractivity (Wildman–Crippen MR) is 127 cm³/mol. The quantitative estimate of drug-likeness (QED) is 0.520. The first-order chi connectivity index (χ1) is 16.0. The maximum absolute atomic E-state index is 14.1. The number of nitrogens with zero attached hydrogens (tertiary/aromatic N) is 2. The summed E-state index contributed by atoms with van der Waals surface area (Å²) in [4.78, 5) is 29.6. The standard InChI is InChI=1S/C25H20ClFN2O3S/c1-32-19-10-11-22-20(14-19)25(24(31)28(22)15-17-4-2-3-5-21(17)26)29(12-13-33-25)23(30)16-6-8-18(27)9-7-16/h2-11,14H,12-13,15H2,1H3/t25-/m0/s1. The van der Waals surface area contributed by atoms with Crippen LogP contribution in [0.1, 0.15) is 21.5 Å². The lowest BCUT2D eigenvalue weighted by Crippen LogP contribution is -2.50. The fourth-order valence-electron chi connectivity index (χ4n) is 4.42. The summed E-state index contributed by atoms with van der Waals surface area (Å²) in [7, 11) is 1.57. The van der Waals surface area contributed by atoms with E-state index in [1.54, 1.807) is 29.0 Å². The van der Waals surface area contributed by atoms with Crippen molar-refractivity contribution in [3.05, 3.63) is 94.3 Å². The lowest BCUT2D eigenvalue weighted by Gasteiger charge is -2.33. The highest BCUT2D eigenvalue weighted by atomic mass is 35.5. The minimum absolute atomic E-state index is 0.205. The summed E-state index contributed by atoms with van der Waals surface area (Å²) in [5.74, 6) is 0.248. The van der Waals surface area contributed by atoms with Crippen LogP contribution in [0.25, 0.3) is 0 Å². The van der Waals surface area contributed by atoms with Gasteiger partial charge < -0.3 is 14.5 Å². The summed E-state index contributed by atoms with van der Waals surface area (Å²) >= 11 is 7.82. The van der Waals surface area contributed by atoms with Crippen molar-refractivity contribution in [1.82, 2.24) is 4.90 Å². The summed E-state index contributed by atoms with van der Waals surface area (Å²) in [6.45, 7) is 0.669. The summed E-state index contributed by atoms with van der Waals surface area (Å²) in [5.41, 5.74) is 2.56. The van der Waals surface area contributed by atoms with Crippen LogP contribution in [0, 0.1) is 5.82 Å². The molecular formula is C25H20ClFN2O3S. The van der Waals surface area contributed by atoms with E-state index >= 15 is 0 Å². The third-order valence-corrected chi connectivity index (χ3v) is 7.81. The van der Waals surface area contributed by atoms with Crippen molar-refractivity contribution < 1.29 is 18.7 Å². The van der Waals surface area contributed by atoms with Gasteiger partial charge in [-0.15, -0.1) is 11.8 Å². The molecule has 3 aromatic rings. The zero-order valence-electron chi connectivity index (χ0n) is 17.8. The molecule has 0 aliphatic carbocycles. The van der Waals surface area contributed by atoms with Crippen LogP contribution >= 0.6 is 23.4 Å². The van der Waals surface area contributed by atoms with E-state index in [1.807, 2.05) is 30.3 Å². The van der Waals surface area contributed by atoms with Gasteiger partial charge in [-0.1, -0.05) is 29.8 Å². The van der Waals surface area contributed by atoms with Crippen LogP contribution in [0.2, 0.25) is 5.02 Å². The Hall–Kier alpha value is -3.03. The van der Waals surface area contributed by atoms with Gasteiger partial charge in [-0.3, -0.25) is 9.59 Å². The zero-order chi connectivity index (χ0) is 23.2. The Morgan fingerprint density at radius 2 is 1.91 bits per heavy atom. The molecule has 0 bridgehead atoms. The Bertz CT molecular complexity index is 1250. The van der Waals surface area contributed by atoms with Gasteiger partial charge in [0.2, 0.25) is 0 Å². The van der Waals surface area contributed by atoms with E-state index in [-0.39, 0.29) is 18.4 Å². The highest BCUT2D eigenvalue weighted by Crippen LogP contribution is 2.55. The number of benzene rings is 3. The fourth-order valence-corrected chi connectivity index (χ4v) is 6.07. The second kappa shape index (κ2) is 8.39. The van der Waals surface area contributed by atoms with Crippen LogP contribution in [-0.2, 0) is 16.2 Å². The first kappa shape index (κ1) is 21.8. The van der Waals surface area contributed by atoms with Crippen LogP contribution in [0.3, 0.4) is 0 Å². The average Bonchev–Trinajstić information content (AvgIpc) is 3.37. The Morgan fingerprint density at radius 3 is 2.64 bits per heavy atom. The molecule has 168 valence electrons. The van der Waals surface area contributed by atoms with Crippen molar-refractivity contribution in [3.8, 4) is 5.75 Å². The van der Waals surface area contributed by atoms with Crippen molar-refractivity contribution in [3.63, 3.8) is 0 Å². The summed E-state index contributed by atoms with van der Waals surface area (Å²) < 4.78 is 18.9. The fraction of sp³-hybridized carbons (Fsp3) is 0.200. The van der Waals surface area contributed by atoms with Crippen molar-refractivity contribution in [2.24, 2.45) is 0 Å². The molecule has 2 heterocycles. The molecule has 3 aromatic carbocycles. The van der Waals surface area contributed by atoms with E-state index in [1.165, 1.54) is 36.0 Å². The van der Waals surface area contributed by atoms with E-state index in [2.05, 4.69) is 0 Å². The maximum atomic E-state index is 14.1. The summed E-state index contributed by atoms with van der Waals surface area (Å²) in [6.07, 6.45) is 0. The van der Waals surface area contributed by atoms with Crippen molar-refractivity contribution in [1.29, 1.82) is 0 Å². The van der Waals surface area contributed by atoms with Gasteiger partial charge in [-0.05, 0) is 54.1 Å². The number of rotatable bonds is 4. The number of thioether (sulfide) groups is 1. The first-order valence-corrected chi connectivity index (χ1v) is 11.8. The third kappa shape index (κ3) is 3.47. The van der Waals surface area contributed by atoms with Gasteiger partial charge in [0.05, 0.1) is 19.3 Å². The van der Waals surface area contributed by atoms with Crippen molar-refractivity contribution in [2.75, 3.05) is 24.3 Å².